The molecule has 7 heteroatoms. The van der Waals surface area contributed by atoms with Gasteiger partial charge in [0.2, 0.25) is 11.8 Å². The molecule has 1 atom stereocenters. The van der Waals surface area contributed by atoms with Gasteiger partial charge < -0.3 is 10.6 Å². The highest BCUT2D eigenvalue weighted by Gasteiger charge is 2.18. The Labute approximate surface area is 169 Å². The quantitative estimate of drug-likeness (QED) is 0.646. The molecule has 1 aromatic heterocycles. The molecule has 0 radical (unpaired) electrons. The van der Waals surface area contributed by atoms with Crippen LogP contribution in [0.1, 0.15) is 33.6 Å². The highest BCUT2D eigenvalue weighted by Crippen LogP contribution is 2.20. The van der Waals surface area contributed by atoms with E-state index in [-0.39, 0.29) is 30.0 Å². The molecule has 3 aromatic rings. The lowest BCUT2D eigenvalue weighted by molar-refractivity contribution is -0.122. The van der Waals surface area contributed by atoms with Gasteiger partial charge in [-0.2, -0.15) is 0 Å². The Morgan fingerprint density at radius 2 is 1.76 bits per heavy atom. The van der Waals surface area contributed by atoms with Crippen LogP contribution in [0, 0.1) is 0 Å². The number of fused-ring (bicyclic) bond motifs is 1. The van der Waals surface area contributed by atoms with Gasteiger partial charge in [0.15, 0.2) is 0 Å². The summed E-state index contributed by atoms with van der Waals surface area (Å²) in [6.45, 7) is 5.72. The minimum Gasteiger partial charge on any atom is -0.352 e. The fraction of sp³-hybridized carbons (Fsp3) is 0.318. The van der Waals surface area contributed by atoms with Crippen LogP contribution in [0.5, 0.6) is 0 Å². The lowest BCUT2D eigenvalue weighted by Gasteiger charge is -2.15. The van der Waals surface area contributed by atoms with Gasteiger partial charge in [0, 0.05) is 18.2 Å². The van der Waals surface area contributed by atoms with Crippen LogP contribution >= 0.6 is 0 Å². The molecule has 7 nitrogen and oxygen atoms in total. The first-order chi connectivity index (χ1) is 13.9. The molecular weight excluding hydrogens is 368 g/mol. The summed E-state index contributed by atoms with van der Waals surface area (Å²) in [6, 6.07) is 14.4. The molecule has 3 rings (SSSR count). The molecule has 0 aliphatic carbocycles. The molecular formula is C22H26N4O3. The number of nitrogens with one attached hydrogen (secondary N) is 2. The summed E-state index contributed by atoms with van der Waals surface area (Å²) >= 11 is 0. The van der Waals surface area contributed by atoms with Crippen LogP contribution in [0.2, 0.25) is 0 Å². The average Bonchev–Trinajstić information content (AvgIpc) is 2.99. The minimum atomic E-state index is -0.241. The SMILES string of the molecule is CCC(=O)Nc1ccc2c(c1)c(=O)n(-c1ccccc1)n2CC(=O)N[C@H](C)CC. The van der Waals surface area contributed by atoms with Crippen molar-refractivity contribution in [1.82, 2.24) is 14.7 Å². The summed E-state index contributed by atoms with van der Waals surface area (Å²) in [5.41, 5.74) is 1.62. The number of anilines is 1. The molecule has 2 N–H and O–H groups in total. The summed E-state index contributed by atoms with van der Waals surface area (Å²) < 4.78 is 3.18. The number of carbonyl (C=O) groups excluding carboxylic acids is 2. The third-order valence-electron chi connectivity index (χ3n) is 4.86. The molecule has 1 heterocycles. The number of para-hydroxylation sites is 1. The molecule has 0 aliphatic heterocycles. The predicted molar refractivity (Wildman–Crippen MR) is 114 cm³/mol. The highest BCUT2D eigenvalue weighted by molar-refractivity contribution is 5.93. The second-order valence-electron chi connectivity index (χ2n) is 7.02. The number of nitrogens with zero attached hydrogens (tertiary/aromatic N) is 2. The molecule has 0 spiro atoms. The van der Waals surface area contributed by atoms with Crippen molar-refractivity contribution < 1.29 is 9.59 Å². The lowest BCUT2D eigenvalue weighted by Crippen LogP contribution is -2.36. The molecule has 29 heavy (non-hydrogen) atoms. The summed E-state index contributed by atoms with van der Waals surface area (Å²) in [7, 11) is 0. The number of amides is 2. The Kier molecular flexibility index (Phi) is 6.16. The number of benzene rings is 2. The van der Waals surface area contributed by atoms with E-state index in [4.69, 9.17) is 0 Å². The van der Waals surface area contributed by atoms with Gasteiger partial charge in [0.05, 0.1) is 16.6 Å². The summed E-state index contributed by atoms with van der Waals surface area (Å²) in [5, 5.41) is 6.17. The fourth-order valence-corrected chi connectivity index (χ4v) is 3.13. The lowest BCUT2D eigenvalue weighted by atomic mass is 10.2. The molecule has 152 valence electrons. The second kappa shape index (κ2) is 8.77. The number of rotatable bonds is 7. The van der Waals surface area contributed by atoms with E-state index < -0.39 is 0 Å². The van der Waals surface area contributed by atoms with Crippen LogP contribution in [0.3, 0.4) is 0 Å². The average molecular weight is 394 g/mol. The van der Waals surface area contributed by atoms with Crippen molar-refractivity contribution in [3.05, 3.63) is 58.9 Å². The van der Waals surface area contributed by atoms with Gasteiger partial charge in [-0.15, -0.1) is 0 Å². The third kappa shape index (κ3) is 4.39. The van der Waals surface area contributed by atoms with Gasteiger partial charge in [0.25, 0.3) is 5.56 Å². The topological polar surface area (TPSA) is 85.1 Å². The van der Waals surface area contributed by atoms with Gasteiger partial charge >= 0.3 is 0 Å². The monoisotopic (exact) mass is 394 g/mol. The molecule has 0 aliphatic rings. The van der Waals surface area contributed by atoms with Crippen molar-refractivity contribution in [3.63, 3.8) is 0 Å². The summed E-state index contributed by atoms with van der Waals surface area (Å²) in [5.74, 6) is -0.288. The van der Waals surface area contributed by atoms with Crippen LogP contribution in [0.15, 0.2) is 53.3 Å². The van der Waals surface area contributed by atoms with Crippen LogP contribution in [-0.2, 0) is 16.1 Å². The van der Waals surface area contributed by atoms with Gasteiger partial charge in [-0.05, 0) is 43.7 Å². The van der Waals surface area contributed by atoms with E-state index in [0.717, 1.165) is 6.42 Å². The second-order valence-corrected chi connectivity index (χ2v) is 7.02. The van der Waals surface area contributed by atoms with E-state index in [1.165, 1.54) is 4.68 Å². The Morgan fingerprint density at radius 1 is 1.03 bits per heavy atom. The van der Waals surface area contributed by atoms with Crippen molar-refractivity contribution in [2.75, 3.05) is 5.32 Å². The molecule has 2 amide bonds. The Bertz CT molecular complexity index is 1080. The standard InChI is InChI=1S/C22H26N4O3/c1-4-15(3)23-21(28)14-25-19-12-11-16(24-20(27)5-2)13-18(19)22(29)26(25)17-9-7-6-8-10-17/h6-13,15H,4-5,14H2,1-3H3,(H,23,28)(H,24,27)/t15-/m1/s1. The number of hydrogen-bond acceptors (Lipinski definition) is 3. The Hall–Kier alpha value is -3.35. The zero-order chi connectivity index (χ0) is 21.0. The van der Waals surface area contributed by atoms with Crippen LogP contribution in [-0.4, -0.2) is 27.2 Å². The van der Waals surface area contributed by atoms with Crippen molar-refractivity contribution in [3.8, 4) is 5.69 Å². The molecule has 0 saturated heterocycles. The van der Waals surface area contributed by atoms with Crippen LogP contribution < -0.4 is 16.2 Å². The third-order valence-corrected chi connectivity index (χ3v) is 4.86. The Morgan fingerprint density at radius 3 is 2.41 bits per heavy atom. The van der Waals surface area contributed by atoms with E-state index in [2.05, 4.69) is 10.6 Å². The zero-order valence-electron chi connectivity index (χ0n) is 16.9. The van der Waals surface area contributed by atoms with Crippen molar-refractivity contribution in [2.24, 2.45) is 0 Å². The molecule has 0 fully saturated rings. The fourth-order valence-electron chi connectivity index (χ4n) is 3.13. The smallest absolute Gasteiger partial charge is 0.279 e. The van der Waals surface area contributed by atoms with Crippen molar-refractivity contribution in [2.45, 2.75) is 46.2 Å². The van der Waals surface area contributed by atoms with E-state index in [9.17, 15) is 14.4 Å². The van der Waals surface area contributed by atoms with Crippen LogP contribution in [0.25, 0.3) is 16.6 Å². The van der Waals surface area contributed by atoms with Gasteiger partial charge in [-0.25, -0.2) is 4.68 Å². The van der Waals surface area contributed by atoms with Crippen molar-refractivity contribution in [1.29, 1.82) is 0 Å². The van der Waals surface area contributed by atoms with Gasteiger partial charge in [0.1, 0.15) is 6.54 Å². The predicted octanol–water partition coefficient (Wildman–Crippen LogP) is 3.06. The van der Waals surface area contributed by atoms with E-state index in [0.29, 0.717) is 28.7 Å². The zero-order valence-corrected chi connectivity index (χ0v) is 16.9. The first-order valence-corrected chi connectivity index (χ1v) is 9.84. The Balaban J connectivity index is 2.12. The highest BCUT2D eigenvalue weighted by atomic mass is 16.2. The van der Waals surface area contributed by atoms with Gasteiger partial charge in [-0.3, -0.25) is 19.1 Å². The van der Waals surface area contributed by atoms with E-state index in [1.807, 2.05) is 44.2 Å². The first-order valence-electron chi connectivity index (χ1n) is 9.84. The maximum atomic E-state index is 13.2. The van der Waals surface area contributed by atoms with Crippen molar-refractivity contribution >= 4 is 28.4 Å². The normalized spacial score (nSPS) is 12.0. The largest absolute Gasteiger partial charge is 0.352 e. The van der Waals surface area contributed by atoms with Crippen LogP contribution in [0.4, 0.5) is 5.69 Å². The maximum Gasteiger partial charge on any atom is 0.279 e. The summed E-state index contributed by atoms with van der Waals surface area (Å²) in [4.78, 5) is 37.5. The molecule has 0 saturated carbocycles. The number of hydrogen-bond donors (Lipinski definition) is 2. The molecule has 2 aromatic carbocycles. The number of aromatic nitrogens is 2. The summed E-state index contributed by atoms with van der Waals surface area (Å²) in [6.07, 6.45) is 1.17. The molecule has 0 unspecified atom stereocenters. The number of carbonyl (C=O) groups is 2. The minimum absolute atomic E-state index is 0.0125. The van der Waals surface area contributed by atoms with E-state index in [1.54, 1.807) is 29.8 Å². The van der Waals surface area contributed by atoms with Gasteiger partial charge in [-0.1, -0.05) is 32.0 Å². The first kappa shape index (κ1) is 20.4. The molecule has 0 bridgehead atoms. The maximum absolute atomic E-state index is 13.2. The van der Waals surface area contributed by atoms with E-state index >= 15 is 0 Å².